The summed E-state index contributed by atoms with van der Waals surface area (Å²) >= 11 is 1.91. The van der Waals surface area contributed by atoms with Crippen molar-refractivity contribution in [2.75, 3.05) is 12.3 Å². The normalized spacial score (nSPS) is 12.9. The molecule has 1 atom stereocenters. The van der Waals surface area contributed by atoms with E-state index < -0.39 is 0 Å². The van der Waals surface area contributed by atoms with Crippen molar-refractivity contribution in [2.45, 2.75) is 57.9 Å². The molecule has 0 spiro atoms. The Bertz CT molecular complexity index is 445. The highest BCUT2D eigenvalue weighted by atomic mass is 32.2. The molecule has 2 nitrogen and oxygen atoms in total. The van der Waals surface area contributed by atoms with Crippen molar-refractivity contribution in [2.24, 2.45) is 5.41 Å². The molecule has 116 valence electrons. The van der Waals surface area contributed by atoms with E-state index in [1.165, 1.54) is 16.9 Å². The summed E-state index contributed by atoms with van der Waals surface area (Å²) in [5, 5.41) is 12.4. The number of nitriles is 1. The van der Waals surface area contributed by atoms with Crippen molar-refractivity contribution >= 4 is 11.8 Å². The number of thioether (sulfide) groups is 1. The van der Waals surface area contributed by atoms with E-state index >= 15 is 0 Å². The highest BCUT2D eigenvalue weighted by Gasteiger charge is 2.15. The van der Waals surface area contributed by atoms with Crippen molar-refractivity contribution in [1.82, 2.24) is 5.32 Å². The Morgan fingerprint density at radius 1 is 1.24 bits per heavy atom. The average Bonchev–Trinajstić information content (AvgIpc) is 2.47. The van der Waals surface area contributed by atoms with Crippen LogP contribution in [0.3, 0.4) is 0 Å². The molecule has 1 aromatic carbocycles. The SMILES string of the molecule is CCNC(C)c1ccc(SCCCCC(C)(C)C#N)cc1. The Morgan fingerprint density at radius 2 is 1.90 bits per heavy atom. The Morgan fingerprint density at radius 3 is 2.48 bits per heavy atom. The lowest BCUT2D eigenvalue weighted by molar-refractivity contribution is 0.433. The van der Waals surface area contributed by atoms with E-state index in [4.69, 9.17) is 5.26 Å². The zero-order valence-corrected chi connectivity index (χ0v) is 14.6. The van der Waals surface area contributed by atoms with E-state index in [2.05, 4.69) is 49.5 Å². The number of hydrogen-bond donors (Lipinski definition) is 1. The van der Waals surface area contributed by atoms with Crippen molar-refractivity contribution in [3.05, 3.63) is 29.8 Å². The van der Waals surface area contributed by atoms with E-state index in [1.54, 1.807) is 0 Å². The van der Waals surface area contributed by atoms with Crippen LogP contribution in [0.15, 0.2) is 29.2 Å². The first-order valence-corrected chi connectivity index (χ1v) is 8.84. The van der Waals surface area contributed by atoms with E-state index in [9.17, 15) is 0 Å². The summed E-state index contributed by atoms with van der Waals surface area (Å²) in [6.45, 7) is 9.36. The molecule has 1 rings (SSSR count). The van der Waals surface area contributed by atoms with Crippen LogP contribution >= 0.6 is 11.8 Å². The summed E-state index contributed by atoms with van der Waals surface area (Å²) in [5.74, 6) is 1.13. The first-order chi connectivity index (χ1) is 9.98. The van der Waals surface area contributed by atoms with E-state index in [0.717, 1.165) is 25.1 Å². The number of nitrogens with one attached hydrogen (secondary N) is 1. The molecule has 21 heavy (non-hydrogen) atoms. The molecule has 0 amide bonds. The predicted octanol–water partition coefficient (Wildman–Crippen LogP) is 5.17. The summed E-state index contributed by atoms with van der Waals surface area (Å²) < 4.78 is 0. The second kappa shape index (κ2) is 9.12. The molecule has 0 saturated heterocycles. The van der Waals surface area contributed by atoms with Crippen LogP contribution in [0, 0.1) is 16.7 Å². The van der Waals surface area contributed by atoms with Crippen molar-refractivity contribution in [3.63, 3.8) is 0 Å². The Balaban J connectivity index is 2.29. The minimum Gasteiger partial charge on any atom is -0.310 e. The van der Waals surface area contributed by atoms with Crippen LogP contribution in [0.1, 0.15) is 58.6 Å². The van der Waals surface area contributed by atoms with E-state index in [-0.39, 0.29) is 5.41 Å². The largest absolute Gasteiger partial charge is 0.310 e. The van der Waals surface area contributed by atoms with Gasteiger partial charge in [-0.1, -0.05) is 25.5 Å². The van der Waals surface area contributed by atoms with Gasteiger partial charge in [0.1, 0.15) is 0 Å². The molecule has 0 bridgehead atoms. The fraction of sp³-hybridized carbons (Fsp3) is 0.611. The lowest BCUT2D eigenvalue weighted by atomic mass is 9.89. The molecule has 0 saturated carbocycles. The van der Waals surface area contributed by atoms with Gasteiger partial charge in [-0.05, 0) is 63.6 Å². The van der Waals surface area contributed by atoms with Gasteiger partial charge < -0.3 is 5.32 Å². The molecule has 0 radical (unpaired) electrons. The first-order valence-electron chi connectivity index (χ1n) is 7.86. The third-order valence-corrected chi connectivity index (χ3v) is 4.76. The van der Waals surface area contributed by atoms with Crippen LogP contribution in [0.5, 0.6) is 0 Å². The monoisotopic (exact) mass is 304 g/mol. The van der Waals surface area contributed by atoms with E-state index in [1.807, 2.05) is 25.6 Å². The summed E-state index contributed by atoms with van der Waals surface area (Å²) in [6, 6.07) is 11.6. The standard InChI is InChI=1S/C18H28N2S/c1-5-20-15(2)16-8-10-17(11-9-16)21-13-7-6-12-18(3,4)14-19/h8-11,15,20H,5-7,12-13H2,1-4H3. The predicted molar refractivity (Wildman–Crippen MR) is 92.5 cm³/mol. The maximum absolute atomic E-state index is 8.98. The summed E-state index contributed by atoms with van der Waals surface area (Å²) in [4.78, 5) is 1.34. The minimum atomic E-state index is -0.172. The van der Waals surface area contributed by atoms with Gasteiger partial charge in [0.15, 0.2) is 0 Å². The van der Waals surface area contributed by atoms with Gasteiger partial charge in [-0.3, -0.25) is 0 Å². The quantitative estimate of drug-likeness (QED) is 0.505. The maximum atomic E-state index is 8.98. The van der Waals surface area contributed by atoms with Crippen LogP contribution in [-0.2, 0) is 0 Å². The number of benzene rings is 1. The Labute approximate surface area is 134 Å². The van der Waals surface area contributed by atoms with Gasteiger partial charge in [-0.2, -0.15) is 5.26 Å². The molecule has 1 aromatic rings. The molecule has 1 unspecified atom stereocenters. The van der Waals surface area contributed by atoms with Crippen molar-refractivity contribution in [1.29, 1.82) is 5.26 Å². The molecule has 0 aliphatic heterocycles. The summed E-state index contributed by atoms with van der Waals surface area (Å²) in [7, 11) is 0. The molecule has 0 aliphatic rings. The summed E-state index contributed by atoms with van der Waals surface area (Å²) in [6.07, 6.45) is 3.29. The average molecular weight is 305 g/mol. The van der Waals surface area contributed by atoms with Gasteiger partial charge >= 0.3 is 0 Å². The molecule has 3 heteroatoms. The minimum absolute atomic E-state index is 0.172. The van der Waals surface area contributed by atoms with Crippen molar-refractivity contribution < 1.29 is 0 Å². The fourth-order valence-corrected chi connectivity index (χ4v) is 3.10. The van der Waals surface area contributed by atoms with Crippen molar-refractivity contribution in [3.8, 4) is 6.07 Å². The van der Waals surface area contributed by atoms with Crippen LogP contribution < -0.4 is 5.32 Å². The Hall–Kier alpha value is -0.980. The van der Waals surface area contributed by atoms with Gasteiger partial charge in [0.2, 0.25) is 0 Å². The second-order valence-corrected chi connectivity index (χ2v) is 7.32. The number of unbranched alkanes of at least 4 members (excludes halogenated alkanes) is 1. The van der Waals surface area contributed by atoms with Crippen LogP contribution in [0.25, 0.3) is 0 Å². The van der Waals surface area contributed by atoms with Crippen LogP contribution in [-0.4, -0.2) is 12.3 Å². The third-order valence-electron chi connectivity index (χ3n) is 3.66. The fourth-order valence-electron chi connectivity index (χ4n) is 2.19. The zero-order chi connectivity index (χ0) is 15.7. The van der Waals surface area contributed by atoms with Crippen LogP contribution in [0.2, 0.25) is 0 Å². The molecule has 0 aliphatic carbocycles. The van der Waals surface area contributed by atoms with Gasteiger partial charge in [0.05, 0.1) is 11.5 Å². The number of hydrogen-bond acceptors (Lipinski definition) is 3. The van der Waals surface area contributed by atoms with Gasteiger partial charge in [-0.25, -0.2) is 0 Å². The lowest BCUT2D eigenvalue weighted by Crippen LogP contribution is -2.17. The highest BCUT2D eigenvalue weighted by Crippen LogP contribution is 2.25. The van der Waals surface area contributed by atoms with Gasteiger partial charge in [0.25, 0.3) is 0 Å². The Kier molecular flexibility index (Phi) is 7.85. The molecular weight excluding hydrogens is 276 g/mol. The number of rotatable bonds is 9. The van der Waals surface area contributed by atoms with Crippen LogP contribution in [0.4, 0.5) is 0 Å². The molecule has 0 aromatic heterocycles. The molecular formula is C18H28N2S. The van der Waals surface area contributed by atoms with Gasteiger partial charge in [0, 0.05) is 10.9 Å². The first kappa shape index (κ1) is 18.1. The number of nitrogens with zero attached hydrogens (tertiary/aromatic N) is 1. The molecule has 1 N–H and O–H groups in total. The lowest BCUT2D eigenvalue weighted by Gasteiger charge is -2.14. The summed E-state index contributed by atoms with van der Waals surface area (Å²) in [5.41, 5.74) is 1.17. The highest BCUT2D eigenvalue weighted by molar-refractivity contribution is 7.99. The van der Waals surface area contributed by atoms with E-state index in [0.29, 0.717) is 6.04 Å². The second-order valence-electron chi connectivity index (χ2n) is 6.15. The molecule has 0 fully saturated rings. The topological polar surface area (TPSA) is 35.8 Å². The van der Waals surface area contributed by atoms with Gasteiger partial charge in [-0.15, -0.1) is 11.8 Å². The zero-order valence-electron chi connectivity index (χ0n) is 13.8. The maximum Gasteiger partial charge on any atom is 0.0683 e. The smallest absolute Gasteiger partial charge is 0.0683 e. The molecule has 0 heterocycles. The third kappa shape index (κ3) is 7.02.